The van der Waals surface area contributed by atoms with Gasteiger partial charge in [-0.3, -0.25) is 9.59 Å². The molecule has 0 saturated carbocycles. The summed E-state index contributed by atoms with van der Waals surface area (Å²) in [5, 5.41) is 9.36. The molecule has 1 aliphatic rings. The van der Waals surface area contributed by atoms with Gasteiger partial charge in [-0.2, -0.15) is 0 Å². The summed E-state index contributed by atoms with van der Waals surface area (Å²) >= 11 is 0. The Hall–Kier alpha value is -2.08. The maximum absolute atomic E-state index is 12.5. The minimum atomic E-state index is -0.875. The van der Waals surface area contributed by atoms with Crippen LogP contribution in [0.15, 0.2) is 24.3 Å². The number of benzene rings is 1. The number of rotatable bonds is 6. The molecule has 1 heterocycles. The Morgan fingerprint density at radius 2 is 2.17 bits per heavy atom. The summed E-state index contributed by atoms with van der Waals surface area (Å²) in [5.41, 5.74) is 0.0449. The van der Waals surface area contributed by atoms with Crippen molar-refractivity contribution >= 4 is 11.9 Å². The van der Waals surface area contributed by atoms with Crippen LogP contribution in [0.2, 0.25) is 0 Å². The van der Waals surface area contributed by atoms with Crippen molar-refractivity contribution in [2.75, 3.05) is 20.2 Å². The fraction of sp³-hybridized carbons (Fsp3) is 0.556. The highest BCUT2D eigenvalue weighted by Gasteiger charge is 2.40. The molecule has 1 aromatic rings. The lowest BCUT2D eigenvalue weighted by Crippen LogP contribution is -2.51. The molecule has 2 unspecified atom stereocenters. The number of hydrogen-bond donors (Lipinski definition) is 1. The van der Waals surface area contributed by atoms with Crippen LogP contribution >= 0.6 is 0 Å². The molecule has 1 saturated heterocycles. The van der Waals surface area contributed by atoms with Gasteiger partial charge in [-0.25, -0.2) is 0 Å². The summed E-state index contributed by atoms with van der Waals surface area (Å²) in [5.74, 6) is -0.279. The Kier molecular flexibility index (Phi) is 5.83. The molecule has 6 nitrogen and oxygen atoms in total. The van der Waals surface area contributed by atoms with E-state index < -0.39 is 17.5 Å². The number of aliphatic carboxylic acids is 1. The third kappa shape index (κ3) is 4.26. The first-order valence-electron chi connectivity index (χ1n) is 8.12. The first-order chi connectivity index (χ1) is 11.4. The van der Waals surface area contributed by atoms with Gasteiger partial charge < -0.3 is 19.5 Å². The number of amides is 1. The van der Waals surface area contributed by atoms with Crippen molar-refractivity contribution in [1.29, 1.82) is 0 Å². The van der Waals surface area contributed by atoms with Crippen LogP contribution in [-0.2, 0) is 20.9 Å². The number of carbonyl (C=O) groups is 2. The molecule has 1 fully saturated rings. The monoisotopic (exact) mass is 335 g/mol. The predicted molar refractivity (Wildman–Crippen MR) is 88.8 cm³/mol. The zero-order chi connectivity index (χ0) is 17.7. The van der Waals surface area contributed by atoms with Gasteiger partial charge in [0.25, 0.3) is 5.91 Å². The number of piperidine rings is 1. The lowest BCUT2D eigenvalue weighted by Gasteiger charge is -2.38. The van der Waals surface area contributed by atoms with Gasteiger partial charge in [-0.05, 0) is 44.4 Å². The number of carboxylic acid groups (broad SMARTS) is 1. The van der Waals surface area contributed by atoms with Crippen molar-refractivity contribution in [2.45, 2.75) is 39.4 Å². The maximum atomic E-state index is 12.5. The molecule has 0 aromatic heterocycles. The molecular formula is C18H25NO5. The van der Waals surface area contributed by atoms with Gasteiger partial charge in [0, 0.05) is 13.1 Å². The molecule has 0 bridgehead atoms. The SMILES string of the molecule is COc1cccc(COC(C)C(=O)N2CCCC(C)(C(=O)O)C2)c1. The Morgan fingerprint density at radius 3 is 2.83 bits per heavy atom. The second kappa shape index (κ2) is 7.66. The Balaban J connectivity index is 1.93. The Bertz CT molecular complexity index is 603. The van der Waals surface area contributed by atoms with Crippen LogP contribution < -0.4 is 4.74 Å². The van der Waals surface area contributed by atoms with Crippen LogP contribution in [0, 0.1) is 5.41 Å². The molecule has 1 N–H and O–H groups in total. The van der Waals surface area contributed by atoms with E-state index in [1.165, 1.54) is 0 Å². The van der Waals surface area contributed by atoms with Gasteiger partial charge in [0.2, 0.25) is 0 Å². The van der Waals surface area contributed by atoms with E-state index in [0.717, 1.165) is 11.3 Å². The fourth-order valence-electron chi connectivity index (χ4n) is 2.91. The smallest absolute Gasteiger partial charge is 0.311 e. The van der Waals surface area contributed by atoms with E-state index in [1.807, 2.05) is 24.3 Å². The van der Waals surface area contributed by atoms with Crippen molar-refractivity contribution in [3.05, 3.63) is 29.8 Å². The van der Waals surface area contributed by atoms with Crippen LogP contribution in [0.1, 0.15) is 32.3 Å². The third-order valence-electron chi connectivity index (χ3n) is 4.51. The molecular weight excluding hydrogens is 310 g/mol. The van der Waals surface area contributed by atoms with Crippen molar-refractivity contribution in [1.82, 2.24) is 4.90 Å². The number of carboxylic acids is 1. The minimum absolute atomic E-state index is 0.162. The van der Waals surface area contributed by atoms with E-state index in [2.05, 4.69) is 0 Å². The molecule has 1 aliphatic heterocycles. The third-order valence-corrected chi connectivity index (χ3v) is 4.51. The van der Waals surface area contributed by atoms with Crippen molar-refractivity contribution in [3.8, 4) is 5.75 Å². The van der Waals surface area contributed by atoms with Crippen LogP contribution in [-0.4, -0.2) is 48.2 Å². The predicted octanol–water partition coefficient (Wildman–Crippen LogP) is 2.31. The maximum Gasteiger partial charge on any atom is 0.311 e. The van der Waals surface area contributed by atoms with E-state index in [1.54, 1.807) is 25.9 Å². The van der Waals surface area contributed by atoms with Crippen molar-refractivity contribution in [2.24, 2.45) is 5.41 Å². The quantitative estimate of drug-likeness (QED) is 0.863. The van der Waals surface area contributed by atoms with E-state index >= 15 is 0 Å². The second-order valence-electron chi connectivity index (χ2n) is 6.53. The zero-order valence-electron chi connectivity index (χ0n) is 14.4. The summed E-state index contributed by atoms with van der Waals surface area (Å²) in [4.78, 5) is 25.5. The zero-order valence-corrected chi connectivity index (χ0v) is 14.4. The van der Waals surface area contributed by atoms with Gasteiger partial charge in [-0.1, -0.05) is 12.1 Å². The Labute approximate surface area is 142 Å². The highest BCUT2D eigenvalue weighted by atomic mass is 16.5. The molecule has 6 heteroatoms. The number of carbonyl (C=O) groups excluding carboxylic acids is 1. The summed E-state index contributed by atoms with van der Waals surface area (Å²) in [6.45, 7) is 4.50. The summed E-state index contributed by atoms with van der Waals surface area (Å²) < 4.78 is 10.8. The second-order valence-corrected chi connectivity index (χ2v) is 6.53. The molecule has 0 aliphatic carbocycles. The van der Waals surface area contributed by atoms with Gasteiger partial charge in [0.05, 0.1) is 19.1 Å². The van der Waals surface area contributed by atoms with E-state index in [-0.39, 0.29) is 12.5 Å². The van der Waals surface area contributed by atoms with E-state index in [4.69, 9.17) is 9.47 Å². The first kappa shape index (κ1) is 18.3. The van der Waals surface area contributed by atoms with Gasteiger partial charge >= 0.3 is 5.97 Å². The molecule has 2 atom stereocenters. The van der Waals surface area contributed by atoms with Crippen LogP contribution in [0.4, 0.5) is 0 Å². The lowest BCUT2D eigenvalue weighted by molar-refractivity contribution is -0.156. The number of ether oxygens (including phenoxy) is 2. The van der Waals surface area contributed by atoms with E-state index in [0.29, 0.717) is 26.0 Å². The summed E-state index contributed by atoms with van der Waals surface area (Å²) in [6.07, 6.45) is 0.662. The minimum Gasteiger partial charge on any atom is -0.497 e. The van der Waals surface area contributed by atoms with Crippen molar-refractivity contribution < 1.29 is 24.2 Å². The fourth-order valence-corrected chi connectivity index (χ4v) is 2.91. The standard InChI is InChI=1S/C18H25NO5/c1-13(24-11-14-6-4-7-15(10-14)23-3)16(20)19-9-5-8-18(2,12-19)17(21)22/h4,6-7,10,13H,5,8-9,11-12H2,1-3H3,(H,21,22). The highest BCUT2D eigenvalue weighted by Crippen LogP contribution is 2.30. The molecule has 1 amide bonds. The molecule has 0 radical (unpaired) electrons. The number of nitrogens with zero attached hydrogens (tertiary/aromatic N) is 1. The van der Waals surface area contributed by atoms with Gasteiger partial charge in [-0.15, -0.1) is 0 Å². The van der Waals surface area contributed by atoms with Crippen LogP contribution in [0.25, 0.3) is 0 Å². The molecule has 1 aromatic carbocycles. The topological polar surface area (TPSA) is 76.1 Å². The molecule has 24 heavy (non-hydrogen) atoms. The van der Waals surface area contributed by atoms with E-state index in [9.17, 15) is 14.7 Å². The number of methoxy groups -OCH3 is 1. The molecule has 0 spiro atoms. The average Bonchev–Trinajstić information content (AvgIpc) is 2.59. The lowest BCUT2D eigenvalue weighted by atomic mass is 9.82. The number of hydrogen-bond acceptors (Lipinski definition) is 4. The Morgan fingerprint density at radius 1 is 1.42 bits per heavy atom. The first-order valence-corrected chi connectivity index (χ1v) is 8.12. The van der Waals surface area contributed by atoms with Crippen LogP contribution in [0.3, 0.4) is 0 Å². The van der Waals surface area contributed by atoms with Crippen LogP contribution in [0.5, 0.6) is 5.75 Å². The summed E-state index contributed by atoms with van der Waals surface area (Å²) in [6, 6.07) is 7.48. The van der Waals surface area contributed by atoms with Gasteiger partial charge in [0.1, 0.15) is 11.9 Å². The largest absolute Gasteiger partial charge is 0.497 e. The molecule has 132 valence electrons. The molecule has 2 rings (SSSR count). The summed E-state index contributed by atoms with van der Waals surface area (Å²) in [7, 11) is 1.60. The average molecular weight is 335 g/mol. The van der Waals surface area contributed by atoms with Gasteiger partial charge in [0.15, 0.2) is 0 Å². The normalized spacial score (nSPS) is 22.0. The highest BCUT2D eigenvalue weighted by molar-refractivity contribution is 5.82. The van der Waals surface area contributed by atoms with Crippen molar-refractivity contribution in [3.63, 3.8) is 0 Å². The number of likely N-dealkylation sites (tertiary alicyclic amines) is 1.